The van der Waals surface area contributed by atoms with Crippen molar-refractivity contribution in [2.45, 2.75) is 19.8 Å². The molecule has 0 spiro atoms. The lowest BCUT2D eigenvalue weighted by Crippen LogP contribution is -2.11. The molecule has 1 aromatic heterocycles. The van der Waals surface area contributed by atoms with Gasteiger partial charge in [0.2, 0.25) is 5.75 Å². The van der Waals surface area contributed by atoms with Crippen LogP contribution in [0.25, 0.3) is 10.9 Å². The van der Waals surface area contributed by atoms with Crippen molar-refractivity contribution in [3.8, 4) is 17.2 Å². The molecule has 0 aliphatic carbocycles. The number of hydrogen-bond acceptors (Lipinski definition) is 4. The van der Waals surface area contributed by atoms with Crippen molar-refractivity contribution in [1.82, 2.24) is 4.98 Å². The first-order chi connectivity index (χ1) is 13.0. The molecule has 1 amide bonds. The molecule has 0 atom stereocenters. The first kappa shape index (κ1) is 18.6. The largest absolute Gasteiger partial charge is 0.493 e. The number of H-pyrrole nitrogens is 1. The second-order valence-electron chi connectivity index (χ2n) is 6.50. The number of methoxy groups -OCH3 is 3. The van der Waals surface area contributed by atoms with Gasteiger partial charge in [-0.05, 0) is 23.6 Å². The summed E-state index contributed by atoms with van der Waals surface area (Å²) < 4.78 is 16.3. The van der Waals surface area contributed by atoms with Crippen molar-refractivity contribution in [3.63, 3.8) is 0 Å². The number of carbonyl (C=O) groups is 1. The quantitative estimate of drug-likeness (QED) is 0.668. The van der Waals surface area contributed by atoms with Crippen LogP contribution in [0, 0.1) is 0 Å². The van der Waals surface area contributed by atoms with Crippen LogP contribution in [0.3, 0.4) is 0 Å². The molecule has 27 heavy (non-hydrogen) atoms. The van der Waals surface area contributed by atoms with Gasteiger partial charge in [0.15, 0.2) is 11.5 Å². The standard InChI is InChI=1S/C21H24N2O4/c1-12(2)13-6-8-14(9-7-13)23-21(24)15-11-22-16-10-17(25-3)19(26-4)20(27-5)18(15)16/h6-12,22H,1-5H3,(H,23,24). The summed E-state index contributed by atoms with van der Waals surface area (Å²) in [5, 5.41) is 3.58. The molecular formula is C21H24N2O4. The third-order valence-corrected chi connectivity index (χ3v) is 4.55. The van der Waals surface area contributed by atoms with E-state index in [2.05, 4.69) is 24.1 Å². The molecule has 3 aromatic rings. The molecule has 142 valence electrons. The lowest BCUT2D eigenvalue weighted by atomic mass is 10.0. The molecule has 1 heterocycles. The van der Waals surface area contributed by atoms with Crippen LogP contribution in [-0.4, -0.2) is 32.2 Å². The lowest BCUT2D eigenvalue weighted by Gasteiger charge is -2.14. The molecule has 0 unspecified atom stereocenters. The van der Waals surface area contributed by atoms with Crippen molar-refractivity contribution in [2.75, 3.05) is 26.6 Å². The van der Waals surface area contributed by atoms with Crippen molar-refractivity contribution in [2.24, 2.45) is 0 Å². The molecule has 6 heteroatoms. The number of ether oxygens (including phenoxy) is 3. The van der Waals surface area contributed by atoms with Crippen LogP contribution in [0.1, 0.15) is 35.7 Å². The number of hydrogen-bond donors (Lipinski definition) is 2. The minimum Gasteiger partial charge on any atom is -0.493 e. The highest BCUT2D eigenvalue weighted by Crippen LogP contribution is 2.44. The molecule has 0 bridgehead atoms. The number of nitrogens with one attached hydrogen (secondary N) is 2. The number of benzene rings is 2. The van der Waals surface area contributed by atoms with E-state index in [1.807, 2.05) is 24.3 Å². The van der Waals surface area contributed by atoms with E-state index in [1.165, 1.54) is 19.8 Å². The Labute approximate surface area is 158 Å². The Morgan fingerprint density at radius 3 is 2.22 bits per heavy atom. The third kappa shape index (κ3) is 3.43. The Morgan fingerprint density at radius 1 is 1.00 bits per heavy atom. The highest BCUT2D eigenvalue weighted by atomic mass is 16.5. The lowest BCUT2D eigenvalue weighted by molar-refractivity contribution is 0.102. The number of fused-ring (bicyclic) bond motifs is 1. The Bertz CT molecular complexity index is 958. The molecule has 0 radical (unpaired) electrons. The van der Waals surface area contributed by atoms with Crippen LogP contribution < -0.4 is 19.5 Å². The van der Waals surface area contributed by atoms with Crippen LogP contribution in [0.15, 0.2) is 36.5 Å². The maximum atomic E-state index is 12.9. The second kappa shape index (κ2) is 7.61. The molecular weight excluding hydrogens is 344 g/mol. The molecule has 0 aliphatic rings. The summed E-state index contributed by atoms with van der Waals surface area (Å²) in [7, 11) is 4.63. The second-order valence-corrected chi connectivity index (χ2v) is 6.50. The van der Waals surface area contributed by atoms with Crippen molar-refractivity contribution >= 4 is 22.5 Å². The summed E-state index contributed by atoms with van der Waals surface area (Å²) >= 11 is 0. The van der Waals surface area contributed by atoms with Gasteiger partial charge in [-0.25, -0.2) is 0 Å². The minimum atomic E-state index is -0.232. The Hall–Kier alpha value is -3.15. The average Bonchev–Trinajstić information content (AvgIpc) is 3.10. The monoisotopic (exact) mass is 368 g/mol. The van der Waals surface area contributed by atoms with E-state index in [4.69, 9.17) is 14.2 Å². The van der Waals surface area contributed by atoms with Crippen LogP contribution in [0.2, 0.25) is 0 Å². The van der Waals surface area contributed by atoms with Gasteiger partial charge in [0, 0.05) is 18.0 Å². The maximum Gasteiger partial charge on any atom is 0.257 e. The van der Waals surface area contributed by atoms with Gasteiger partial charge in [-0.3, -0.25) is 4.79 Å². The topological polar surface area (TPSA) is 72.6 Å². The fourth-order valence-electron chi connectivity index (χ4n) is 3.09. The number of rotatable bonds is 6. The van der Waals surface area contributed by atoms with E-state index in [1.54, 1.807) is 19.4 Å². The predicted octanol–water partition coefficient (Wildman–Crippen LogP) is 4.57. The maximum absolute atomic E-state index is 12.9. The highest BCUT2D eigenvalue weighted by molar-refractivity contribution is 6.15. The van der Waals surface area contributed by atoms with Gasteiger partial charge in [-0.15, -0.1) is 0 Å². The zero-order chi connectivity index (χ0) is 19.6. The van der Waals surface area contributed by atoms with E-state index in [9.17, 15) is 4.79 Å². The molecule has 2 N–H and O–H groups in total. The van der Waals surface area contributed by atoms with Crippen LogP contribution in [0.4, 0.5) is 5.69 Å². The summed E-state index contributed by atoms with van der Waals surface area (Å²) in [5.41, 5.74) is 3.15. The Morgan fingerprint density at radius 2 is 1.67 bits per heavy atom. The molecule has 0 saturated heterocycles. The fraction of sp³-hybridized carbons (Fsp3) is 0.286. The van der Waals surface area contributed by atoms with Crippen molar-refractivity contribution < 1.29 is 19.0 Å². The van der Waals surface area contributed by atoms with E-state index in [-0.39, 0.29) is 5.91 Å². The predicted molar refractivity (Wildman–Crippen MR) is 106 cm³/mol. The first-order valence-corrected chi connectivity index (χ1v) is 8.71. The first-order valence-electron chi connectivity index (χ1n) is 8.71. The summed E-state index contributed by atoms with van der Waals surface area (Å²) in [6.45, 7) is 4.26. The van der Waals surface area contributed by atoms with E-state index in [0.29, 0.717) is 34.1 Å². The SMILES string of the molecule is COc1cc2[nH]cc(C(=O)Nc3ccc(C(C)C)cc3)c2c(OC)c1OC. The fourth-order valence-corrected chi connectivity index (χ4v) is 3.09. The van der Waals surface area contributed by atoms with Gasteiger partial charge in [0.1, 0.15) is 0 Å². The van der Waals surface area contributed by atoms with Gasteiger partial charge in [-0.1, -0.05) is 26.0 Å². The molecule has 0 aliphatic heterocycles. The van der Waals surface area contributed by atoms with E-state index >= 15 is 0 Å². The summed E-state index contributed by atoms with van der Waals surface area (Å²) in [5.74, 6) is 1.63. The minimum absolute atomic E-state index is 0.232. The van der Waals surface area contributed by atoms with Gasteiger partial charge in [-0.2, -0.15) is 0 Å². The zero-order valence-corrected chi connectivity index (χ0v) is 16.2. The third-order valence-electron chi connectivity index (χ3n) is 4.55. The van der Waals surface area contributed by atoms with E-state index in [0.717, 1.165) is 11.2 Å². The summed E-state index contributed by atoms with van der Waals surface area (Å²) in [6, 6.07) is 9.63. The number of aromatic nitrogens is 1. The molecule has 0 saturated carbocycles. The van der Waals surface area contributed by atoms with Gasteiger partial charge < -0.3 is 24.5 Å². The number of amides is 1. The Balaban J connectivity index is 1.99. The highest BCUT2D eigenvalue weighted by Gasteiger charge is 2.22. The zero-order valence-electron chi connectivity index (χ0n) is 16.2. The van der Waals surface area contributed by atoms with Crippen molar-refractivity contribution in [3.05, 3.63) is 47.7 Å². The summed E-state index contributed by atoms with van der Waals surface area (Å²) in [4.78, 5) is 16.0. The van der Waals surface area contributed by atoms with Gasteiger partial charge >= 0.3 is 0 Å². The number of anilines is 1. The smallest absolute Gasteiger partial charge is 0.257 e. The average molecular weight is 368 g/mol. The molecule has 3 rings (SSSR count). The summed E-state index contributed by atoms with van der Waals surface area (Å²) in [6.07, 6.45) is 1.66. The molecule has 0 fully saturated rings. The van der Waals surface area contributed by atoms with Crippen molar-refractivity contribution in [1.29, 1.82) is 0 Å². The Kier molecular flexibility index (Phi) is 5.26. The van der Waals surface area contributed by atoms with E-state index < -0.39 is 0 Å². The molecule has 2 aromatic carbocycles. The van der Waals surface area contributed by atoms with Crippen LogP contribution >= 0.6 is 0 Å². The normalized spacial score (nSPS) is 10.9. The molecule has 6 nitrogen and oxygen atoms in total. The van der Waals surface area contributed by atoms with Crippen LogP contribution in [-0.2, 0) is 0 Å². The van der Waals surface area contributed by atoms with Gasteiger partial charge in [0.05, 0.1) is 37.8 Å². The number of aromatic amines is 1. The number of carbonyl (C=O) groups excluding carboxylic acids is 1. The van der Waals surface area contributed by atoms with Crippen LogP contribution in [0.5, 0.6) is 17.2 Å². The van der Waals surface area contributed by atoms with Gasteiger partial charge in [0.25, 0.3) is 5.91 Å².